The number of amides is 1. The number of aromatic nitrogens is 2. The SMILES string of the molecule is COc1ccc(N=C2C(=O)N3c4c(cc(OC)cc42)C(CSc2nc4ccccc4[nH]2)=CC3(C)C)cc1. The van der Waals surface area contributed by atoms with Crippen molar-refractivity contribution in [3.8, 4) is 11.5 Å². The zero-order valence-corrected chi connectivity index (χ0v) is 21.8. The minimum atomic E-state index is -0.533. The van der Waals surface area contributed by atoms with Crippen LogP contribution >= 0.6 is 11.8 Å². The highest BCUT2D eigenvalue weighted by Gasteiger charge is 2.46. The second-order valence-corrected chi connectivity index (χ2v) is 10.5. The van der Waals surface area contributed by atoms with Gasteiger partial charge in [-0.05, 0) is 68.0 Å². The molecule has 186 valence electrons. The highest BCUT2D eigenvalue weighted by Crippen LogP contribution is 2.48. The van der Waals surface area contributed by atoms with Gasteiger partial charge >= 0.3 is 0 Å². The van der Waals surface area contributed by atoms with Gasteiger partial charge in [0.1, 0.15) is 17.2 Å². The summed E-state index contributed by atoms with van der Waals surface area (Å²) in [5.74, 6) is 1.99. The molecule has 7 nitrogen and oxygen atoms in total. The Balaban J connectivity index is 1.42. The molecule has 3 aromatic carbocycles. The van der Waals surface area contributed by atoms with Gasteiger partial charge in [-0.15, -0.1) is 0 Å². The van der Waals surface area contributed by atoms with Gasteiger partial charge in [-0.2, -0.15) is 0 Å². The maximum absolute atomic E-state index is 13.8. The zero-order chi connectivity index (χ0) is 25.7. The highest BCUT2D eigenvalue weighted by atomic mass is 32.2. The third-order valence-corrected chi connectivity index (χ3v) is 7.62. The van der Waals surface area contributed by atoms with E-state index >= 15 is 0 Å². The van der Waals surface area contributed by atoms with Crippen LogP contribution in [0.5, 0.6) is 11.5 Å². The Labute approximate surface area is 219 Å². The zero-order valence-electron chi connectivity index (χ0n) is 21.0. The molecular weight excluding hydrogens is 484 g/mol. The molecule has 0 atom stereocenters. The minimum Gasteiger partial charge on any atom is -0.497 e. The summed E-state index contributed by atoms with van der Waals surface area (Å²) >= 11 is 1.64. The molecule has 0 bridgehead atoms. The van der Waals surface area contributed by atoms with E-state index in [1.54, 1.807) is 26.0 Å². The Morgan fingerprint density at radius 2 is 1.73 bits per heavy atom. The largest absolute Gasteiger partial charge is 0.497 e. The van der Waals surface area contributed by atoms with Crippen LogP contribution in [0.15, 0.2) is 76.9 Å². The Hall–Kier alpha value is -4.04. The Kier molecular flexibility index (Phi) is 5.56. The standard InChI is InChI=1S/C29H26N4O3S/c1-29(2)15-17(16-37-28-31-23-7-5-6-8-24(23)32-28)21-13-20(36-4)14-22-25(27(34)33(29)26(21)22)30-18-9-11-19(35-3)12-10-18/h5-15H,16H2,1-4H3,(H,31,32). The summed E-state index contributed by atoms with van der Waals surface area (Å²) in [6, 6.07) is 19.3. The molecular formula is C29H26N4O3S. The molecule has 1 N–H and O–H groups in total. The van der Waals surface area contributed by atoms with Crippen molar-refractivity contribution in [2.45, 2.75) is 24.5 Å². The molecule has 8 heteroatoms. The molecule has 2 aliphatic rings. The number of hydrogen-bond acceptors (Lipinski definition) is 6. The van der Waals surface area contributed by atoms with Gasteiger partial charge in [0.25, 0.3) is 5.91 Å². The minimum absolute atomic E-state index is 0.120. The molecule has 0 spiro atoms. The van der Waals surface area contributed by atoms with Crippen LogP contribution in [0.25, 0.3) is 16.6 Å². The van der Waals surface area contributed by atoms with E-state index in [0.717, 1.165) is 44.3 Å². The number of thioether (sulfide) groups is 1. The molecule has 2 aliphatic heterocycles. The molecule has 0 saturated heterocycles. The molecule has 1 amide bonds. The molecule has 0 radical (unpaired) electrons. The van der Waals surface area contributed by atoms with Gasteiger partial charge in [0.05, 0.1) is 42.2 Å². The molecule has 37 heavy (non-hydrogen) atoms. The molecule has 3 heterocycles. The number of aliphatic imine (C=N–C) groups is 1. The molecule has 0 fully saturated rings. The van der Waals surface area contributed by atoms with Crippen LogP contribution in [0.2, 0.25) is 0 Å². The number of para-hydroxylation sites is 2. The third-order valence-electron chi connectivity index (χ3n) is 6.70. The number of imidazole rings is 1. The molecule has 6 rings (SSSR count). The van der Waals surface area contributed by atoms with Crippen LogP contribution in [-0.2, 0) is 4.79 Å². The molecule has 1 aromatic heterocycles. The lowest BCUT2D eigenvalue weighted by atomic mass is 9.89. The number of H-pyrrole nitrogens is 1. The lowest BCUT2D eigenvalue weighted by molar-refractivity contribution is -0.112. The van der Waals surface area contributed by atoms with Crippen LogP contribution in [0, 0.1) is 0 Å². The predicted octanol–water partition coefficient (Wildman–Crippen LogP) is 6.02. The number of nitrogens with zero attached hydrogens (tertiary/aromatic N) is 3. The fourth-order valence-corrected chi connectivity index (χ4v) is 5.87. The van der Waals surface area contributed by atoms with E-state index in [0.29, 0.717) is 22.9 Å². The van der Waals surface area contributed by atoms with Crippen LogP contribution in [-0.4, -0.2) is 47.1 Å². The van der Waals surface area contributed by atoms with E-state index in [-0.39, 0.29) is 5.91 Å². The first-order valence-corrected chi connectivity index (χ1v) is 13.0. The van der Waals surface area contributed by atoms with E-state index in [1.807, 2.05) is 65.6 Å². The number of fused-ring (bicyclic) bond motifs is 1. The molecule has 0 saturated carbocycles. The summed E-state index contributed by atoms with van der Waals surface area (Å²) in [6.45, 7) is 4.12. The van der Waals surface area contributed by atoms with Gasteiger partial charge in [-0.3, -0.25) is 9.69 Å². The Bertz CT molecular complexity index is 1570. The van der Waals surface area contributed by atoms with Crippen molar-refractivity contribution in [2.75, 3.05) is 24.9 Å². The third kappa shape index (κ3) is 3.97. The molecule has 4 aromatic rings. The number of rotatable bonds is 6. The lowest BCUT2D eigenvalue weighted by Gasteiger charge is -2.39. The Morgan fingerprint density at radius 3 is 2.46 bits per heavy atom. The van der Waals surface area contributed by atoms with E-state index < -0.39 is 5.54 Å². The van der Waals surface area contributed by atoms with Gasteiger partial charge < -0.3 is 14.5 Å². The Morgan fingerprint density at radius 1 is 1.00 bits per heavy atom. The number of carbonyl (C=O) groups is 1. The number of aromatic amines is 1. The average molecular weight is 511 g/mol. The van der Waals surface area contributed by atoms with Crippen LogP contribution in [0.1, 0.15) is 25.0 Å². The van der Waals surface area contributed by atoms with Crippen molar-refractivity contribution >= 4 is 51.4 Å². The number of carbonyl (C=O) groups excluding carboxylic acids is 1. The quantitative estimate of drug-likeness (QED) is 0.321. The summed E-state index contributed by atoms with van der Waals surface area (Å²) < 4.78 is 10.9. The van der Waals surface area contributed by atoms with Crippen molar-refractivity contribution in [2.24, 2.45) is 4.99 Å². The van der Waals surface area contributed by atoms with Gasteiger partial charge in [-0.25, -0.2) is 9.98 Å². The first-order valence-electron chi connectivity index (χ1n) is 12.0. The predicted molar refractivity (Wildman–Crippen MR) is 149 cm³/mol. The van der Waals surface area contributed by atoms with E-state index in [2.05, 4.69) is 24.9 Å². The number of nitrogens with one attached hydrogen (secondary N) is 1. The van der Waals surface area contributed by atoms with Crippen molar-refractivity contribution in [1.82, 2.24) is 9.97 Å². The average Bonchev–Trinajstić information content (AvgIpc) is 3.44. The number of anilines is 1. The lowest BCUT2D eigenvalue weighted by Crippen LogP contribution is -2.48. The summed E-state index contributed by atoms with van der Waals surface area (Å²) in [5, 5.41) is 0.861. The number of methoxy groups -OCH3 is 2. The summed E-state index contributed by atoms with van der Waals surface area (Å²) in [7, 11) is 3.26. The molecule has 0 unspecified atom stereocenters. The first-order chi connectivity index (χ1) is 17.9. The maximum atomic E-state index is 13.8. The smallest absolute Gasteiger partial charge is 0.278 e. The van der Waals surface area contributed by atoms with Crippen molar-refractivity contribution in [3.63, 3.8) is 0 Å². The van der Waals surface area contributed by atoms with Gasteiger partial charge in [0, 0.05) is 16.9 Å². The molecule has 0 aliphatic carbocycles. The fourth-order valence-electron chi connectivity index (χ4n) is 4.99. The van der Waals surface area contributed by atoms with Crippen molar-refractivity contribution in [1.29, 1.82) is 0 Å². The van der Waals surface area contributed by atoms with Gasteiger partial charge in [0.15, 0.2) is 5.16 Å². The van der Waals surface area contributed by atoms with E-state index in [9.17, 15) is 4.79 Å². The summed E-state index contributed by atoms with van der Waals surface area (Å²) in [5.41, 5.74) is 6.29. The van der Waals surface area contributed by atoms with Crippen molar-refractivity contribution < 1.29 is 14.3 Å². The van der Waals surface area contributed by atoms with Crippen molar-refractivity contribution in [3.05, 3.63) is 77.9 Å². The topological polar surface area (TPSA) is 79.8 Å². The fraction of sp³-hybridized carbons (Fsp3) is 0.207. The summed E-state index contributed by atoms with van der Waals surface area (Å²) in [6.07, 6.45) is 2.17. The normalized spacial score (nSPS) is 16.8. The van der Waals surface area contributed by atoms with E-state index in [1.165, 1.54) is 0 Å². The van der Waals surface area contributed by atoms with Gasteiger partial charge in [0.2, 0.25) is 0 Å². The number of hydrogen-bond donors (Lipinski definition) is 1. The summed E-state index contributed by atoms with van der Waals surface area (Å²) in [4.78, 5) is 28.5. The van der Waals surface area contributed by atoms with Crippen LogP contribution in [0.3, 0.4) is 0 Å². The number of ether oxygens (including phenoxy) is 2. The highest BCUT2D eigenvalue weighted by molar-refractivity contribution is 7.99. The van der Waals surface area contributed by atoms with Gasteiger partial charge in [-0.1, -0.05) is 30.0 Å². The van der Waals surface area contributed by atoms with Crippen LogP contribution < -0.4 is 14.4 Å². The van der Waals surface area contributed by atoms with E-state index in [4.69, 9.17) is 19.5 Å². The number of benzene rings is 3. The van der Waals surface area contributed by atoms with Crippen LogP contribution in [0.4, 0.5) is 11.4 Å². The maximum Gasteiger partial charge on any atom is 0.278 e. The second-order valence-electron chi connectivity index (χ2n) is 9.54. The monoisotopic (exact) mass is 510 g/mol. The second kappa shape index (κ2) is 8.81. The first kappa shape index (κ1) is 23.4.